The predicted molar refractivity (Wildman–Crippen MR) is 91.0 cm³/mol. The second kappa shape index (κ2) is 6.08. The summed E-state index contributed by atoms with van der Waals surface area (Å²) < 4.78 is 5.42. The van der Waals surface area contributed by atoms with Gasteiger partial charge in [-0.15, -0.1) is 0 Å². The molecule has 0 amide bonds. The molecular weight excluding hydrogens is 340 g/mol. The number of halogens is 1. The Balaban J connectivity index is 2.07. The van der Waals surface area contributed by atoms with E-state index in [9.17, 15) is 0 Å². The van der Waals surface area contributed by atoms with Gasteiger partial charge in [-0.3, -0.25) is 0 Å². The van der Waals surface area contributed by atoms with Crippen LogP contribution in [0.15, 0.2) is 41.9 Å². The van der Waals surface area contributed by atoms with Crippen LogP contribution < -0.4 is 0 Å². The summed E-state index contributed by atoms with van der Waals surface area (Å²) in [6, 6.07) is 0. The van der Waals surface area contributed by atoms with E-state index in [0.29, 0.717) is 0 Å². The molecule has 5 heteroatoms. The van der Waals surface area contributed by atoms with Crippen LogP contribution in [-0.4, -0.2) is 19.1 Å². The van der Waals surface area contributed by atoms with Crippen LogP contribution in [0.3, 0.4) is 0 Å². The van der Waals surface area contributed by atoms with Crippen molar-refractivity contribution in [3.8, 4) is 0 Å². The van der Waals surface area contributed by atoms with Gasteiger partial charge < -0.3 is 9.13 Å². The van der Waals surface area contributed by atoms with Crippen molar-refractivity contribution in [1.82, 2.24) is 19.1 Å². The van der Waals surface area contributed by atoms with Gasteiger partial charge in [0.15, 0.2) is 0 Å². The molecule has 0 saturated heterocycles. The molecule has 0 N–H and O–H groups in total. The van der Waals surface area contributed by atoms with E-state index in [0.717, 1.165) is 13.1 Å². The largest absolute Gasteiger partial charge is 0.333 e. The molecular formula is C17H19BrN4. The van der Waals surface area contributed by atoms with Crippen molar-refractivity contribution in [2.75, 3.05) is 0 Å². The monoisotopic (exact) mass is 358 g/mol. The van der Waals surface area contributed by atoms with E-state index in [1.165, 1.54) is 32.3 Å². The fourth-order valence-electron chi connectivity index (χ4n) is 2.89. The fourth-order valence-corrected chi connectivity index (χ4v) is 3.37. The van der Waals surface area contributed by atoms with Gasteiger partial charge in [-0.2, -0.15) is 0 Å². The van der Waals surface area contributed by atoms with Gasteiger partial charge in [0.05, 0.1) is 12.7 Å². The van der Waals surface area contributed by atoms with Crippen molar-refractivity contribution < 1.29 is 0 Å². The highest BCUT2D eigenvalue weighted by atomic mass is 79.9. The Labute approximate surface area is 139 Å². The second-order valence-corrected chi connectivity index (χ2v) is 6.41. The maximum atomic E-state index is 4.14. The Bertz CT molecular complexity index is 710. The minimum Gasteiger partial charge on any atom is -0.333 e. The molecule has 1 aromatic carbocycles. The lowest BCUT2D eigenvalue weighted by Crippen LogP contribution is -2.10. The van der Waals surface area contributed by atoms with Gasteiger partial charge in [-0.05, 0) is 48.6 Å². The van der Waals surface area contributed by atoms with Crippen LogP contribution in [0.5, 0.6) is 0 Å². The van der Waals surface area contributed by atoms with Crippen molar-refractivity contribution in [2.45, 2.75) is 33.9 Å². The molecule has 2 aromatic heterocycles. The Morgan fingerprint density at radius 3 is 1.64 bits per heavy atom. The van der Waals surface area contributed by atoms with Crippen LogP contribution in [0, 0.1) is 20.8 Å². The third kappa shape index (κ3) is 2.73. The van der Waals surface area contributed by atoms with Crippen LogP contribution >= 0.6 is 15.9 Å². The SMILES string of the molecule is Cc1c(Br)c(C)c(Cn2ccnc2)c(C)c1Cn1ccnc1. The molecule has 0 atom stereocenters. The summed E-state index contributed by atoms with van der Waals surface area (Å²) in [6.07, 6.45) is 11.4. The smallest absolute Gasteiger partial charge is 0.0949 e. The highest BCUT2D eigenvalue weighted by Crippen LogP contribution is 2.32. The molecule has 2 heterocycles. The average Bonchev–Trinajstić information content (AvgIpc) is 3.19. The number of imidazole rings is 2. The molecule has 3 rings (SSSR count). The third-order valence-corrected chi connectivity index (χ3v) is 5.46. The molecule has 0 unspecified atom stereocenters. The second-order valence-electron chi connectivity index (χ2n) is 5.62. The number of benzene rings is 1. The van der Waals surface area contributed by atoms with Gasteiger partial charge in [0.1, 0.15) is 0 Å². The van der Waals surface area contributed by atoms with Crippen LogP contribution in [0.25, 0.3) is 0 Å². The van der Waals surface area contributed by atoms with Gasteiger partial charge in [0.25, 0.3) is 0 Å². The molecule has 114 valence electrons. The molecule has 4 nitrogen and oxygen atoms in total. The number of hydrogen-bond donors (Lipinski definition) is 0. The van der Waals surface area contributed by atoms with Crippen molar-refractivity contribution in [3.05, 3.63) is 69.7 Å². The summed E-state index contributed by atoms with van der Waals surface area (Å²) in [5.74, 6) is 0. The summed E-state index contributed by atoms with van der Waals surface area (Å²) in [6.45, 7) is 8.25. The van der Waals surface area contributed by atoms with Gasteiger partial charge in [0.2, 0.25) is 0 Å². The number of nitrogens with zero attached hydrogens (tertiary/aromatic N) is 4. The number of aromatic nitrogens is 4. The Morgan fingerprint density at radius 2 is 1.27 bits per heavy atom. The number of hydrogen-bond acceptors (Lipinski definition) is 2. The zero-order chi connectivity index (χ0) is 15.7. The average molecular weight is 359 g/mol. The first-order chi connectivity index (χ1) is 10.6. The molecule has 22 heavy (non-hydrogen) atoms. The summed E-state index contributed by atoms with van der Waals surface area (Å²) in [7, 11) is 0. The highest BCUT2D eigenvalue weighted by Gasteiger charge is 2.16. The van der Waals surface area contributed by atoms with E-state index in [-0.39, 0.29) is 0 Å². The fraction of sp³-hybridized carbons (Fsp3) is 0.294. The normalized spacial score (nSPS) is 11.1. The molecule has 0 bridgehead atoms. The molecule has 0 saturated carbocycles. The highest BCUT2D eigenvalue weighted by molar-refractivity contribution is 9.10. The quantitative estimate of drug-likeness (QED) is 0.709. The lowest BCUT2D eigenvalue weighted by Gasteiger charge is -2.20. The summed E-state index contributed by atoms with van der Waals surface area (Å²) in [4.78, 5) is 8.28. The van der Waals surface area contributed by atoms with Gasteiger partial charge >= 0.3 is 0 Å². The summed E-state index contributed by atoms with van der Waals surface area (Å²) in [5, 5.41) is 0. The molecule has 0 radical (unpaired) electrons. The predicted octanol–water partition coefficient (Wildman–Crippen LogP) is 3.86. The topological polar surface area (TPSA) is 35.6 Å². The summed E-state index contributed by atoms with van der Waals surface area (Å²) in [5.41, 5.74) is 6.66. The van der Waals surface area contributed by atoms with Crippen molar-refractivity contribution in [1.29, 1.82) is 0 Å². The van der Waals surface area contributed by atoms with E-state index in [4.69, 9.17) is 0 Å². The molecule has 0 aliphatic heterocycles. The van der Waals surface area contributed by atoms with Crippen molar-refractivity contribution >= 4 is 15.9 Å². The van der Waals surface area contributed by atoms with E-state index < -0.39 is 0 Å². The lowest BCUT2D eigenvalue weighted by molar-refractivity contribution is 0.758. The molecule has 3 aromatic rings. The minimum absolute atomic E-state index is 0.841. The van der Waals surface area contributed by atoms with Crippen LogP contribution in [0.4, 0.5) is 0 Å². The van der Waals surface area contributed by atoms with E-state index in [1.54, 1.807) is 0 Å². The first-order valence-corrected chi connectivity index (χ1v) is 8.05. The molecule has 0 aliphatic carbocycles. The Hall–Kier alpha value is -1.88. The first kappa shape index (κ1) is 15.0. The van der Waals surface area contributed by atoms with E-state index >= 15 is 0 Å². The Kier molecular flexibility index (Phi) is 4.16. The van der Waals surface area contributed by atoms with Gasteiger partial charge in [0, 0.05) is 42.3 Å². The summed E-state index contributed by atoms with van der Waals surface area (Å²) >= 11 is 3.77. The third-order valence-electron chi connectivity index (χ3n) is 4.27. The zero-order valence-corrected chi connectivity index (χ0v) is 14.6. The molecule has 0 spiro atoms. The Morgan fingerprint density at radius 1 is 0.818 bits per heavy atom. The van der Waals surface area contributed by atoms with E-state index in [1.807, 2.05) is 37.4 Å². The maximum absolute atomic E-state index is 4.14. The first-order valence-electron chi connectivity index (χ1n) is 7.26. The molecule has 0 fully saturated rings. The maximum Gasteiger partial charge on any atom is 0.0949 e. The van der Waals surface area contributed by atoms with Crippen LogP contribution in [0.1, 0.15) is 27.8 Å². The van der Waals surface area contributed by atoms with Gasteiger partial charge in [-0.1, -0.05) is 15.9 Å². The zero-order valence-electron chi connectivity index (χ0n) is 13.0. The van der Waals surface area contributed by atoms with Crippen LogP contribution in [0.2, 0.25) is 0 Å². The lowest BCUT2D eigenvalue weighted by atomic mass is 9.93. The van der Waals surface area contributed by atoms with E-state index in [2.05, 4.69) is 55.8 Å². The minimum atomic E-state index is 0.841. The van der Waals surface area contributed by atoms with Crippen molar-refractivity contribution in [3.63, 3.8) is 0 Å². The van der Waals surface area contributed by atoms with Crippen molar-refractivity contribution in [2.24, 2.45) is 0 Å². The standard InChI is InChI=1S/C17H19BrN4/c1-12-15(8-21-6-4-19-10-21)13(2)17(18)14(3)16(12)9-22-7-5-20-11-22/h4-7,10-11H,8-9H2,1-3H3. The molecule has 0 aliphatic rings. The van der Waals surface area contributed by atoms with Gasteiger partial charge in [-0.25, -0.2) is 9.97 Å². The number of rotatable bonds is 4. The van der Waals surface area contributed by atoms with Crippen LogP contribution in [-0.2, 0) is 13.1 Å².